The van der Waals surface area contributed by atoms with Crippen LogP contribution in [0.3, 0.4) is 0 Å². The van der Waals surface area contributed by atoms with Gasteiger partial charge in [-0.15, -0.1) is 0 Å². The predicted molar refractivity (Wildman–Crippen MR) is 86.0 cm³/mol. The number of fused-ring (bicyclic) bond motifs is 1. The van der Waals surface area contributed by atoms with Gasteiger partial charge in [-0.3, -0.25) is 4.99 Å². The van der Waals surface area contributed by atoms with Crippen LogP contribution in [0.1, 0.15) is 11.1 Å². The fourth-order valence-electron chi connectivity index (χ4n) is 2.32. The molecule has 0 radical (unpaired) electrons. The van der Waals surface area contributed by atoms with Crippen molar-refractivity contribution in [3.05, 3.63) is 59.2 Å². The molecule has 0 atom stereocenters. The first kappa shape index (κ1) is 16.0. The Hall–Kier alpha value is -2.83. The first-order valence-corrected chi connectivity index (χ1v) is 7.42. The van der Waals surface area contributed by atoms with Gasteiger partial charge in [0.05, 0.1) is 0 Å². The Bertz CT molecular complexity index is 765. The number of rotatable bonds is 4. The molecule has 2 aromatic rings. The third-order valence-electron chi connectivity index (χ3n) is 3.57. The molecule has 7 heteroatoms. The SMILES string of the molecule is CN=C(NCc1ccc2c(c1)OCO2)NCc1cc(F)ccc1F. The molecule has 0 saturated carbocycles. The van der Waals surface area contributed by atoms with E-state index in [4.69, 9.17) is 9.47 Å². The van der Waals surface area contributed by atoms with Crippen LogP contribution >= 0.6 is 0 Å². The minimum atomic E-state index is -0.475. The minimum Gasteiger partial charge on any atom is -0.454 e. The molecular weight excluding hydrogens is 316 g/mol. The molecular formula is C17H17F2N3O2. The van der Waals surface area contributed by atoms with Gasteiger partial charge in [0.15, 0.2) is 17.5 Å². The van der Waals surface area contributed by atoms with Crippen molar-refractivity contribution in [2.24, 2.45) is 4.99 Å². The second-order valence-electron chi connectivity index (χ2n) is 5.20. The van der Waals surface area contributed by atoms with Crippen molar-refractivity contribution in [1.29, 1.82) is 0 Å². The second-order valence-corrected chi connectivity index (χ2v) is 5.20. The monoisotopic (exact) mass is 333 g/mol. The van der Waals surface area contributed by atoms with E-state index in [1.54, 1.807) is 7.05 Å². The second kappa shape index (κ2) is 7.16. The minimum absolute atomic E-state index is 0.129. The van der Waals surface area contributed by atoms with Crippen LogP contribution in [0, 0.1) is 11.6 Å². The molecule has 0 saturated heterocycles. The van der Waals surface area contributed by atoms with Gasteiger partial charge in [-0.2, -0.15) is 0 Å². The first-order chi connectivity index (χ1) is 11.7. The summed E-state index contributed by atoms with van der Waals surface area (Å²) < 4.78 is 37.4. The Kier molecular flexibility index (Phi) is 4.79. The normalized spacial score (nSPS) is 13.0. The van der Waals surface area contributed by atoms with E-state index in [1.807, 2.05) is 18.2 Å². The number of benzene rings is 2. The number of hydrogen-bond donors (Lipinski definition) is 2. The topological polar surface area (TPSA) is 54.9 Å². The summed E-state index contributed by atoms with van der Waals surface area (Å²) in [7, 11) is 1.61. The lowest BCUT2D eigenvalue weighted by Crippen LogP contribution is -2.36. The van der Waals surface area contributed by atoms with Crippen LogP contribution in [0.25, 0.3) is 0 Å². The summed E-state index contributed by atoms with van der Waals surface area (Å²) in [4.78, 5) is 4.07. The summed E-state index contributed by atoms with van der Waals surface area (Å²) in [6, 6.07) is 9.00. The zero-order valence-corrected chi connectivity index (χ0v) is 13.1. The molecule has 24 heavy (non-hydrogen) atoms. The maximum atomic E-state index is 13.6. The van der Waals surface area contributed by atoms with Crippen LogP contribution in [-0.4, -0.2) is 19.8 Å². The van der Waals surface area contributed by atoms with Gasteiger partial charge in [-0.05, 0) is 35.9 Å². The average Bonchev–Trinajstić information content (AvgIpc) is 3.05. The number of nitrogens with zero attached hydrogens (tertiary/aromatic N) is 1. The molecule has 0 amide bonds. The Morgan fingerprint density at radius 1 is 1.04 bits per heavy atom. The summed E-state index contributed by atoms with van der Waals surface area (Å²) in [6.45, 7) is 0.862. The molecule has 0 unspecified atom stereocenters. The summed E-state index contributed by atoms with van der Waals surface area (Å²) in [5.41, 5.74) is 1.22. The quantitative estimate of drug-likeness (QED) is 0.667. The molecule has 0 fully saturated rings. The van der Waals surface area contributed by atoms with Crippen molar-refractivity contribution in [1.82, 2.24) is 10.6 Å². The fraction of sp³-hybridized carbons (Fsp3) is 0.235. The van der Waals surface area contributed by atoms with Gasteiger partial charge in [0, 0.05) is 25.7 Å². The predicted octanol–water partition coefficient (Wildman–Crippen LogP) is 2.56. The van der Waals surface area contributed by atoms with Crippen molar-refractivity contribution >= 4 is 5.96 Å². The lowest BCUT2D eigenvalue weighted by atomic mass is 10.2. The van der Waals surface area contributed by atoms with Crippen molar-refractivity contribution in [2.75, 3.05) is 13.8 Å². The van der Waals surface area contributed by atoms with E-state index >= 15 is 0 Å². The van der Waals surface area contributed by atoms with Crippen molar-refractivity contribution in [3.8, 4) is 11.5 Å². The lowest BCUT2D eigenvalue weighted by Gasteiger charge is -2.12. The van der Waals surface area contributed by atoms with Crippen molar-refractivity contribution in [2.45, 2.75) is 13.1 Å². The Morgan fingerprint density at radius 2 is 1.83 bits per heavy atom. The van der Waals surface area contributed by atoms with E-state index in [9.17, 15) is 8.78 Å². The number of nitrogens with one attached hydrogen (secondary N) is 2. The summed E-state index contributed by atoms with van der Waals surface area (Å²) in [5, 5.41) is 6.06. The smallest absolute Gasteiger partial charge is 0.231 e. The molecule has 5 nitrogen and oxygen atoms in total. The molecule has 0 aromatic heterocycles. The van der Waals surface area contributed by atoms with Crippen LogP contribution in [0.15, 0.2) is 41.4 Å². The Labute approximate surface area is 138 Å². The number of halogens is 2. The van der Waals surface area contributed by atoms with Gasteiger partial charge in [-0.25, -0.2) is 8.78 Å². The number of ether oxygens (including phenoxy) is 2. The highest BCUT2D eigenvalue weighted by molar-refractivity contribution is 5.79. The van der Waals surface area contributed by atoms with Gasteiger partial charge < -0.3 is 20.1 Å². The van der Waals surface area contributed by atoms with E-state index in [0.29, 0.717) is 18.3 Å². The van der Waals surface area contributed by atoms with E-state index in [0.717, 1.165) is 29.5 Å². The maximum Gasteiger partial charge on any atom is 0.231 e. The Morgan fingerprint density at radius 3 is 2.67 bits per heavy atom. The van der Waals surface area contributed by atoms with Crippen LogP contribution in [-0.2, 0) is 13.1 Å². The molecule has 0 spiro atoms. The summed E-state index contributed by atoms with van der Waals surface area (Å²) in [6.07, 6.45) is 0. The van der Waals surface area contributed by atoms with Gasteiger partial charge in [0.2, 0.25) is 6.79 Å². The maximum absolute atomic E-state index is 13.6. The molecule has 3 rings (SSSR count). The Balaban J connectivity index is 1.56. The van der Waals surface area contributed by atoms with Crippen molar-refractivity contribution < 1.29 is 18.3 Å². The van der Waals surface area contributed by atoms with Gasteiger partial charge >= 0.3 is 0 Å². The lowest BCUT2D eigenvalue weighted by molar-refractivity contribution is 0.174. The summed E-state index contributed by atoms with van der Waals surface area (Å²) in [5.74, 6) is 0.977. The third-order valence-corrected chi connectivity index (χ3v) is 3.57. The van der Waals surface area contributed by atoms with E-state index < -0.39 is 11.6 Å². The third kappa shape index (κ3) is 3.73. The van der Waals surface area contributed by atoms with Crippen LogP contribution in [0.4, 0.5) is 8.78 Å². The first-order valence-electron chi connectivity index (χ1n) is 7.42. The molecule has 1 aliphatic rings. The molecule has 2 N–H and O–H groups in total. The van der Waals surface area contributed by atoms with Crippen LogP contribution in [0.5, 0.6) is 11.5 Å². The average molecular weight is 333 g/mol. The fourth-order valence-corrected chi connectivity index (χ4v) is 2.32. The highest BCUT2D eigenvalue weighted by atomic mass is 19.1. The van der Waals surface area contributed by atoms with E-state index in [1.165, 1.54) is 0 Å². The molecule has 1 heterocycles. The molecule has 0 bridgehead atoms. The molecule has 0 aliphatic carbocycles. The van der Waals surface area contributed by atoms with Crippen LogP contribution in [0.2, 0.25) is 0 Å². The van der Waals surface area contributed by atoms with Crippen LogP contribution < -0.4 is 20.1 Å². The largest absolute Gasteiger partial charge is 0.454 e. The zero-order chi connectivity index (χ0) is 16.9. The van der Waals surface area contributed by atoms with Gasteiger partial charge in [0.25, 0.3) is 0 Å². The van der Waals surface area contributed by atoms with E-state index in [-0.39, 0.29) is 18.9 Å². The zero-order valence-electron chi connectivity index (χ0n) is 13.1. The van der Waals surface area contributed by atoms with E-state index in [2.05, 4.69) is 15.6 Å². The highest BCUT2D eigenvalue weighted by Gasteiger charge is 2.13. The standard InChI is InChI=1S/C17H17F2N3O2/c1-20-17(22-9-12-7-13(18)3-4-14(12)19)21-8-11-2-5-15-16(6-11)24-10-23-15/h2-7H,8-10H2,1H3,(H2,20,21,22). The van der Waals surface area contributed by atoms with Gasteiger partial charge in [-0.1, -0.05) is 6.07 Å². The molecule has 126 valence electrons. The molecule has 2 aromatic carbocycles. The molecule has 1 aliphatic heterocycles. The van der Waals surface area contributed by atoms with Gasteiger partial charge in [0.1, 0.15) is 11.6 Å². The van der Waals surface area contributed by atoms with Crippen molar-refractivity contribution in [3.63, 3.8) is 0 Å². The highest BCUT2D eigenvalue weighted by Crippen LogP contribution is 2.32. The summed E-state index contributed by atoms with van der Waals surface area (Å²) >= 11 is 0. The number of aliphatic imine (C=N–C) groups is 1. The number of hydrogen-bond acceptors (Lipinski definition) is 3. The number of guanidine groups is 1.